The largest absolute Gasteiger partial charge is 0.417 e. The van der Waals surface area contributed by atoms with Crippen LogP contribution in [0.15, 0.2) is 18.2 Å². The lowest BCUT2D eigenvalue weighted by Gasteiger charge is -2.16. The fourth-order valence-electron chi connectivity index (χ4n) is 1.37. The van der Waals surface area contributed by atoms with Gasteiger partial charge in [-0.25, -0.2) is 8.78 Å². The molecule has 1 atom stereocenters. The highest BCUT2D eigenvalue weighted by atomic mass is 35.5. The summed E-state index contributed by atoms with van der Waals surface area (Å²) in [6.07, 6.45) is -8.06. The first-order chi connectivity index (χ1) is 7.73. The summed E-state index contributed by atoms with van der Waals surface area (Å²) in [5.41, 5.74) is 4.19. The van der Waals surface area contributed by atoms with Gasteiger partial charge in [0, 0.05) is 12.5 Å². The zero-order chi connectivity index (χ0) is 13.2. The molecule has 0 bridgehead atoms. The molecule has 0 saturated carbocycles. The van der Waals surface area contributed by atoms with Crippen LogP contribution < -0.4 is 5.73 Å². The molecule has 8 heteroatoms. The summed E-state index contributed by atoms with van der Waals surface area (Å²) in [7, 11) is 0. The van der Waals surface area contributed by atoms with Gasteiger partial charge in [0.2, 0.25) is 6.43 Å². The first-order valence-corrected chi connectivity index (χ1v) is 5.00. The van der Waals surface area contributed by atoms with E-state index in [-0.39, 0.29) is 18.0 Å². The maximum Gasteiger partial charge on any atom is 0.417 e. The number of alkyl halides is 5. The van der Waals surface area contributed by atoms with Crippen molar-refractivity contribution >= 4 is 24.0 Å². The van der Waals surface area contributed by atoms with Gasteiger partial charge >= 0.3 is 6.18 Å². The van der Waals surface area contributed by atoms with E-state index in [0.29, 0.717) is 0 Å². The lowest BCUT2D eigenvalue weighted by molar-refractivity contribution is -0.137. The Morgan fingerprint density at radius 3 is 2.22 bits per heavy atom. The monoisotopic (exact) mass is 309 g/mol. The molecule has 1 aromatic rings. The number of nitrogens with two attached hydrogens (primary N) is 1. The smallest absolute Gasteiger partial charge is 0.324 e. The number of hydrogen-bond acceptors (Lipinski definition) is 1. The van der Waals surface area contributed by atoms with Crippen molar-refractivity contribution in [2.24, 2.45) is 5.73 Å². The molecule has 0 aliphatic rings. The highest BCUT2D eigenvalue weighted by Gasteiger charge is 2.34. The molecular formula is C10H10Cl2F5N. The Kier molecular flexibility index (Phi) is 6.33. The second-order valence-electron chi connectivity index (χ2n) is 3.44. The first-order valence-electron chi connectivity index (χ1n) is 4.62. The van der Waals surface area contributed by atoms with Gasteiger partial charge in [0.15, 0.2) is 0 Å². The summed E-state index contributed by atoms with van der Waals surface area (Å²) >= 11 is 5.53. The molecule has 0 spiro atoms. The second kappa shape index (κ2) is 6.54. The van der Waals surface area contributed by atoms with Crippen LogP contribution in [-0.2, 0) is 6.18 Å². The molecule has 0 heterocycles. The fraction of sp³-hybridized carbons (Fsp3) is 0.400. The van der Waals surface area contributed by atoms with Crippen molar-refractivity contribution in [3.8, 4) is 0 Å². The van der Waals surface area contributed by atoms with Crippen LogP contribution in [0, 0.1) is 0 Å². The molecule has 1 aromatic carbocycles. The normalized spacial score (nSPS) is 13.3. The minimum atomic E-state index is -4.63. The summed E-state index contributed by atoms with van der Waals surface area (Å²) in [5, 5.41) is -0.617. The van der Waals surface area contributed by atoms with Gasteiger partial charge in [-0.15, -0.1) is 12.4 Å². The van der Waals surface area contributed by atoms with Crippen LogP contribution in [0.4, 0.5) is 22.0 Å². The topological polar surface area (TPSA) is 26.0 Å². The van der Waals surface area contributed by atoms with Gasteiger partial charge in [0.05, 0.1) is 10.6 Å². The summed E-state index contributed by atoms with van der Waals surface area (Å²) in [6.45, 7) is 0. The third-order valence-electron chi connectivity index (χ3n) is 2.17. The Morgan fingerprint density at radius 1 is 1.22 bits per heavy atom. The van der Waals surface area contributed by atoms with Gasteiger partial charge < -0.3 is 5.73 Å². The fourth-order valence-corrected chi connectivity index (χ4v) is 1.75. The highest BCUT2D eigenvalue weighted by Crippen LogP contribution is 2.38. The number of halogens is 7. The van der Waals surface area contributed by atoms with Gasteiger partial charge in [-0.2, -0.15) is 13.2 Å². The quantitative estimate of drug-likeness (QED) is 0.821. The van der Waals surface area contributed by atoms with Crippen LogP contribution >= 0.6 is 24.0 Å². The van der Waals surface area contributed by atoms with E-state index in [4.69, 9.17) is 17.3 Å². The predicted molar refractivity (Wildman–Crippen MR) is 61.3 cm³/mol. The van der Waals surface area contributed by atoms with Crippen molar-refractivity contribution in [3.63, 3.8) is 0 Å². The Morgan fingerprint density at radius 2 is 1.78 bits per heavy atom. The van der Waals surface area contributed by atoms with Gasteiger partial charge in [0.25, 0.3) is 0 Å². The zero-order valence-corrected chi connectivity index (χ0v) is 10.4. The number of hydrogen-bond donors (Lipinski definition) is 1. The molecular weight excluding hydrogens is 300 g/mol. The van der Waals surface area contributed by atoms with Crippen molar-refractivity contribution in [2.75, 3.05) is 0 Å². The van der Waals surface area contributed by atoms with Crippen molar-refractivity contribution in [2.45, 2.75) is 25.1 Å². The van der Waals surface area contributed by atoms with Crippen LogP contribution in [0.25, 0.3) is 0 Å². The van der Waals surface area contributed by atoms with Crippen molar-refractivity contribution < 1.29 is 22.0 Å². The van der Waals surface area contributed by atoms with Crippen LogP contribution in [-0.4, -0.2) is 6.43 Å². The van der Waals surface area contributed by atoms with E-state index in [1.54, 1.807) is 0 Å². The molecule has 1 rings (SSSR count). The molecule has 1 nitrogen and oxygen atoms in total. The Bertz CT molecular complexity index is 394. The van der Waals surface area contributed by atoms with Crippen molar-refractivity contribution in [1.82, 2.24) is 0 Å². The standard InChI is InChI=1S/C10H9ClF5N.ClH/c11-9-5(7(17)4-8(12)13)2-1-3-6(9)10(14,15)16;/h1-3,7-8H,4,17H2;1H/t7-;/m1./s1. The van der Waals surface area contributed by atoms with Crippen LogP contribution in [0.3, 0.4) is 0 Å². The third-order valence-corrected chi connectivity index (χ3v) is 2.59. The van der Waals surface area contributed by atoms with Crippen molar-refractivity contribution in [3.05, 3.63) is 34.3 Å². The highest BCUT2D eigenvalue weighted by molar-refractivity contribution is 6.32. The molecule has 104 valence electrons. The van der Waals surface area contributed by atoms with Crippen molar-refractivity contribution in [1.29, 1.82) is 0 Å². The van der Waals surface area contributed by atoms with E-state index < -0.39 is 35.7 Å². The zero-order valence-electron chi connectivity index (χ0n) is 8.85. The van der Waals surface area contributed by atoms with Gasteiger partial charge in [-0.3, -0.25) is 0 Å². The first kappa shape index (κ1) is 17.4. The molecule has 0 unspecified atom stereocenters. The average Bonchev–Trinajstić information content (AvgIpc) is 2.14. The molecule has 0 aliphatic carbocycles. The van der Waals surface area contributed by atoms with E-state index in [1.807, 2.05) is 0 Å². The third kappa shape index (κ3) is 4.26. The molecule has 0 aliphatic heterocycles. The average molecular weight is 310 g/mol. The van der Waals surface area contributed by atoms with E-state index >= 15 is 0 Å². The summed E-state index contributed by atoms with van der Waals surface area (Å²) in [6, 6.07) is 1.87. The lowest BCUT2D eigenvalue weighted by Crippen LogP contribution is -2.16. The summed E-state index contributed by atoms with van der Waals surface area (Å²) in [4.78, 5) is 0. The SMILES string of the molecule is Cl.N[C@H](CC(F)F)c1cccc(C(F)(F)F)c1Cl. The van der Waals surface area contributed by atoms with Gasteiger partial charge in [-0.05, 0) is 11.6 Å². The van der Waals surface area contributed by atoms with E-state index in [9.17, 15) is 22.0 Å². The Balaban J connectivity index is 0.00000289. The maximum absolute atomic E-state index is 12.5. The summed E-state index contributed by atoms with van der Waals surface area (Å²) < 4.78 is 61.6. The van der Waals surface area contributed by atoms with Crippen LogP contribution in [0.2, 0.25) is 5.02 Å². The molecule has 0 saturated heterocycles. The summed E-state index contributed by atoms with van der Waals surface area (Å²) in [5.74, 6) is 0. The Hall–Kier alpha value is -0.590. The minimum absolute atomic E-state index is 0. The van der Waals surface area contributed by atoms with Gasteiger partial charge in [-0.1, -0.05) is 23.7 Å². The van der Waals surface area contributed by atoms with Gasteiger partial charge in [0.1, 0.15) is 0 Å². The predicted octanol–water partition coefficient (Wildman–Crippen LogP) is 4.44. The number of rotatable bonds is 3. The van der Waals surface area contributed by atoms with Crippen LogP contribution in [0.1, 0.15) is 23.6 Å². The molecule has 0 fully saturated rings. The lowest BCUT2D eigenvalue weighted by atomic mass is 10.0. The Labute approximate surface area is 112 Å². The van der Waals surface area contributed by atoms with Crippen LogP contribution in [0.5, 0.6) is 0 Å². The maximum atomic E-state index is 12.5. The van der Waals surface area contributed by atoms with E-state index in [2.05, 4.69) is 0 Å². The minimum Gasteiger partial charge on any atom is -0.324 e. The molecule has 0 radical (unpaired) electrons. The van der Waals surface area contributed by atoms with E-state index in [1.165, 1.54) is 6.07 Å². The molecule has 18 heavy (non-hydrogen) atoms. The molecule has 0 amide bonds. The number of benzene rings is 1. The molecule has 2 N–H and O–H groups in total. The second-order valence-corrected chi connectivity index (χ2v) is 3.82. The molecule has 0 aromatic heterocycles. The van der Waals surface area contributed by atoms with E-state index in [0.717, 1.165) is 12.1 Å².